The van der Waals surface area contributed by atoms with Gasteiger partial charge in [-0.3, -0.25) is 14.4 Å². The van der Waals surface area contributed by atoms with Crippen LogP contribution in [0.4, 0.5) is 5.82 Å². The van der Waals surface area contributed by atoms with Crippen molar-refractivity contribution >= 4 is 23.4 Å². The molecule has 1 aromatic heterocycles. The van der Waals surface area contributed by atoms with Crippen LogP contribution in [0, 0.1) is 11.8 Å². The summed E-state index contributed by atoms with van der Waals surface area (Å²) in [5.41, 5.74) is 7.29. The van der Waals surface area contributed by atoms with Crippen molar-refractivity contribution in [2.45, 2.75) is 84.3 Å². The number of benzene rings is 2. The van der Waals surface area contributed by atoms with Gasteiger partial charge in [0.2, 0.25) is 5.91 Å². The van der Waals surface area contributed by atoms with Crippen molar-refractivity contribution in [1.29, 1.82) is 0 Å². The van der Waals surface area contributed by atoms with Gasteiger partial charge in [-0.1, -0.05) is 82.3 Å². The summed E-state index contributed by atoms with van der Waals surface area (Å²) in [7, 11) is 0. The van der Waals surface area contributed by atoms with Crippen LogP contribution in [-0.2, 0) is 27.1 Å². The van der Waals surface area contributed by atoms with Crippen molar-refractivity contribution < 1.29 is 14.4 Å². The standard InChI is InChI=1S/C33H43N5O3/c1-7-22-14-16-24(17-15-22)33(8-2,28(39)18-25(21(3)4)29(34)40)37-31(41)26-20-35-38-30(26)36-27(19-32(38,5)6)23-12-10-9-11-13-23/h9-17,20-21,25,27,36H,7-8,18-19H2,1-6H3,(H2,34,40)(H,37,41)/t25-,27+,33?/m0/s1. The lowest BCUT2D eigenvalue weighted by atomic mass is 9.77. The summed E-state index contributed by atoms with van der Waals surface area (Å²) in [4.78, 5) is 40.5. The van der Waals surface area contributed by atoms with Gasteiger partial charge in [-0.2, -0.15) is 5.10 Å². The van der Waals surface area contributed by atoms with Crippen LogP contribution in [0.5, 0.6) is 0 Å². The monoisotopic (exact) mass is 557 g/mol. The molecule has 8 heteroatoms. The molecule has 1 aliphatic heterocycles. The van der Waals surface area contributed by atoms with Gasteiger partial charge in [-0.05, 0) is 55.7 Å². The van der Waals surface area contributed by atoms with Gasteiger partial charge in [0.1, 0.15) is 16.9 Å². The van der Waals surface area contributed by atoms with E-state index in [2.05, 4.69) is 48.6 Å². The van der Waals surface area contributed by atoms with Crippen molar-refractivity contribution in [2.75, 3.05) is 5.32 Å². The molecule has 0 saturated heterocycles. The molecule has 2 heterocycles. The number of carbonyl (C=O) groups is 3. The number of primary amides is 1. The zero-order chi connectivity index (χ0) is 29.9. The van der Waals surface area contributed by atoms with Crippen molar-refractivity contribution in [3.05, 3.63) is 83.0 Å². The highest BCUT2D eigenvalue weighted by Crippen LogP contribution is 2.40. The average molecular weight is 558 g/mol. The minimum absolute atomic E-state index is 0.0107. The molecule has 4 N–H and O–H groups in total. The average Bonchev–Trinajstić information content (AvgIpc) is 3.40. The Hall–Kier alpha value is -3.94. The van der Waals surface area contributed by atoms with Crippen molar-refractivity contribution in [2.24, 2.45) is 17.6 Å². The summed E-state index contributed by atoms with van der Waals surface area (Å²) in [5.74, 6) is -1.31. The van der Waals surface area contributed by atoms with Crippen molar-refractivity contribution in [1.82, 2.24) is 15.1 Å². The summed E-state index contributed by atoms with van der Waals surface area (Å²) in [6.45, 7) is 11.9. The van der Waals surface area contributed by atoms with E-state index in [4.69, 9.17) is 5.73 Å². The number of fused-ring (bicyclic) bond motifs is 1. The molecule has 41 heavy (non-hydrogen) atoms. The normalized spacial score (nSPS) is 18.1. The van der Waals surface area contributed by atoms with Crippen LogP contribution >= 0.6 is 0 Å². The zero-order valence-electron chi connectivity index (χ0n) is 25.0. The van der Waals surface area contributed by atoms with E-state index in [-0.39, 0.29) is 29.7 Å². The maximum absolute atomic E-state index is 14.1. The molecule has 2 amide bonds. The fourth-order valence-corrected chi connectivity index (χ4v) is 5.92. The summed E-state index contributed by atoms with van der Waals surface area (Å²) in [6, 6.07) is 17.9. The number of Topliss-reactive ketones (excluding diaryl/α,β-unsaturated/α-hetero) is 1. The van der Waals surface area contributed by atoms with E-state index < -0.39 is 23.3 Å². The molecule has 218 valence electrons. The predicted molar refractivity (Wildman–Crippen MR) is 161 cm³/mol. The van der Waals surface area contributed by atoms with Gasteiger partial charge in [0, 0.05) is 12.3 Å². The highest BCUT2D eigenvalue weighted by atomic mass is 16.2. The minimum atomic E-state index is -1.34. The highest BCUT2D eigenvalue weighted by molar-refractivity contribution is 6.03. The van der Waals surface area contributed by atoms with E-state index in [0.29, 0.717) is 23.4 Å². The fourth-order valence-electron chi connectivity index (χ4n) is 5.92. The van der Waals surface area contributed by atoms with Crippen LogP contribution in [0.2, 0.25) is 0 Å². The molecule has 3 atom stereocenters. The Kier molecular flexibility index (Phi) is 8.71. The molecule has 0 spiro atoms. The lowest BCUT2D eigenvalue weighted by molar-refractivity contribution is -0.132. The van der Waals surface area contributed by atoms with Gasteiger partial charge in [-0.15, -0.1) is 0 Å². The van der Waals surface area contributed by atoms with E-state index in [1.807, 2.05) is 67.9 Å². The summed E-state index contributed by atoms with van der Waals surface area (Å²) in [6.07, 6.45) is 3.45. The van der Waals surface area contributed by atoms with Crippen LogP contribution in [0.3, 0.4) is 0 Å². The molecule has 0 saturated carbocycles. The number of amides is 2. The number of aromatic nitrogens is 2. The number of nitrogens with one attached hydrogen (secondary N) is 2. The van der Waals surface area contributed by atoms with Crippen LogP contribution in [0.15, 0.2) is 60.8 Å². The summed E-state index contributed by atoms with van der Waals surface area (Å²) < 4.78 is 1.86. The fraction of sp³-hybridized carbons (Fsp3) is 0.455. The number of anilines is 1. The molecule has 3 aromatic rings. The predicted octanol–water partition coefficient (Wildman–Crippen LogP) is 5.49. The van der Waals surface area contributed by atoms with Gasteiger partial charge in [0.25, 0.3) is 5.91 Å². The second kappa shape index (κ2) is 11.9. The first-order valence-corrected chi connectivity index (χ1v) is 14.6. The van der Waals surface area contributed by atoms with Gasteiger partial charge in [-0.25, -0.2) is 4.68 Å². The molecular formula is C33H43N5O3. The Morgan fingerprint density at radius 1 is 1.10 bits per heavy atom. The Morgan fingerprint density at radius 2 is 1.76 bits per heavy atom. The number of aryl methyl sites for hydroxylation is 1. The molecule has 0 aliphatic carbocycles. The second-order valence-corrected chi connectivity index (χ2v) is 12.1. The smallest absolute Gasteiger partial charge is 0.257 e. The molecule has 2 aromatic carbocycles. The molecule has 0 fully saturated rings. The van der Waals surface area contributed by atoms with Gasteiger partial charge in [0.05, 0.1) is 17.8 Å². The number of carbonyl (C=O) groups excluding carboxylic acids is 3. The quantitative estimate of drug-likeness (QED) is 0.288. The third kappa shape index (κ3) is 5.92. The lowest BCUT2D eigenvalue weighted by Crippen LogP contribution is -2.52. The Bertz CT molecular complexity index is 1390. The third-order valence-corrected chi connectivity index (χ3v) is 8.57. The first-order valence-electron chi connectivity index (χ1n) is 14.6. The molecule has 8 nitrogen and oxygen atoms in total. The summed E-state index contributed by atoms with van der Waals surface area (Å²) in [5, 5.41) is 11.3. The number of nitrogens with two attached hydrogens (primary N) is 1. The molecule has 1 aliphatic rings. The Balaban J connectivity index is 1.74. The van der Waals surface area contributed by atoms with E-state index in [9.17, 15) is 14.4 Å². The Labute approximate surface area is 243 Å². The van der Waals surface area contributed by atoms with E-state index >= 15 is 0 Å². The second-order valence-electron chi connectivity index (χ2n) is 12.1. The van der Waals surface area contributed by atoms with E-state index in [0.717, 1.165) is 24.0 Å². The largest absolute Gasteiger partial charge is 0.369 e. The number of hydrogen-bond donors (Lipinski definition) is 3. The van der Waals surface area contributed by atoms with Crippen LogP contribution in [-0.4, -0.2) is 27.4 Å². The Morgan fingerprint density at radius 3 is 2.32 bits per heavy atom. The highest BCUT2D eigenvalue weighted by Gasteiger charge is 2.43. The molecule has 1 unspecified atom stereocenters. The van der Waals surface area contributed by atoms with Crippen molar-refractivity contribution in [3.8, 4) is 0 Å². The van der Waals surface area contributed by atoms with Crippen LogP contribution in [0.25, 0.3) is 0 Å². The molecular weight excluding hydrogens is 514 g/mol. The van der Waals surface area contributed by atoms with Gasteiger partial charge < -0.3 is 16.4 Å². The molecule has 4 rings (SSSR count). The van der Waals surface area contributed by atoms with E-state index in [1.54, 1.807) is 6.20 Å². The maximum atomic E-state index is 14.1. The lowest BCUT2D eigenvalue weighted by Gasteiger charge is -2.39. The van der Waals surface area contributed by atoms with Gasteiger partial charge >= 0.3 is 0 Å². The number of hydrogen-bond acceptors (Lipinski definition) is 5. The number of ketones is 1. The number of nitrogens with zero attached hydrogens (tertiary/aromatic N) is 2. The number of rotatable bonds is 11. The SMILES string of the molecule is CCc1ccc(C(CC)(NC(=O)c2cnn3c2N[C@@H](c2ccccc2)CC3(C)C)C(=O)C[C@H](C(N)=O)C(C)C)cc1. The zero-order valence-corrected chi connectivity index (χ0v) is 25.0. The minimum Gasteiger partial charge on any atom is -0.369 e. The molecule has 0 bridgehead atoms. The van der Waals surface area contributed by atoms with E-state index in [1.165, 1.54) is 0 Å². The first-order chi connectivity index (χ1) is 19.4. The van der Waals surface area contributed by atoms with Crippen molar-refractivity contribution in [3.63, 3.8) is 0 Å². The van der Waals surface area contributed by atoms with Crippen LogP contribution in [0.1, 0.15) is 93.9 Å². The topological polar surface area (TPSA) is 119 Å². The first kappa shape index (κ1) is 30.0. The van der Waals surface area contributed by atoms with Crippen LogP contribution < -0.4 is 16.4 Å². The molecule has 0 radical (unpaired) electrons. The third-order valence-electron chi connectivity index (χ3n) is 8.57. The van der Waals surface area contributed by atoms with Gasteiger partial charge in [0.15, 0.2) is 5.78 Å². The summed E-state index contributed by atoms with van der Waals surface area (Å²) >= 11 is 0. The maximum Gasteiger partial charge on any atom is 0.257 e.